The standard InChI is InChI=1S/C35H33FNO12PS/c36-21-11-6-19(7-12-21)25(38)17-51-32-27(37(33(32)42)22-4-2-1-3-5-22)24-15-10-20(18-8-13-23(14-9-18)50(45,46)47)16-26(24)48-35-30(41)28(39)29(40)31(49-35)34(43)44/h1-16,25,27-32,35,38-41H,17H2,(H,43,44)(H2,45,46,47)/t25-,27+,28-,29?,30?,31?,32+,35+/m0/s1. The number of hydrogen-bond acceptors (Lipinski definition) is 10. The number of hydrogen-bond donors (Lipinski definition) is 7. The quantitative estimate of drug-likeness (QED) is 0.0871. The van der Waals surface area contributed by atoms with Gasteiger partial charge in [0.1, 0.15) is 35.1 Å². The van der Waals surface area contributed by atoms with Gasteiger partial charge in [-0.05, 0) is 59.2 Å². The molecular weight excluding hydrogens is 708 g/mol. The first kappa shape index (κ1) is 36.6. The summed E-state index contributed by atoms with van der Waals surface area (Å²) in [5.74, 6) is -2.34. The van der Waals surface area contributed by atoms with Gasteiger partial charge in [-0.1, -0.05) is 54.6 Å². The van der Waals surface area contributed by atoms with Crippen molar-refractivity contribution in [1.29, 1.82) is 0 Å². The number of carboxylic acid groups (broad SMARTS) is 1. The first-order chi connectivity index (χ1) is 24.2. The number of halogens is 1. The van der Waals surface area contributed by atoms with Crippen molar-refractivity contribution in [1.82, 2.24) is 0 Å². The van der Waals surface area contributed by atoms with E-state index in [1.165, 1.54) is 59.5 Å². The van der Waals surface area contributed by atoms with Crippen LogP contribution in [0.4, 0.5) is 10.1 Å². The number of carbonyl (C=O) groups excluding carboxylic acids is 1. The number of carbonyl (C=O) groups is 2. The van der Waals surface area contributed by atoms with E-state index >= 15 is 0 Å². The minimum Gasteiger partial charge on any atom is -0.479 e. The van der Waals surface area contributed by atoms with E-state index in [1.54, 1.807) is 42.5 Å². The summed E-state index contributed by atoms with van der Waals surface area (Å²) < 4.78 is 36.8. The number of carboxylic acids is 1. The molecule has 2 aliphatic heterocycles. The minimum absolute atomic E-state index is 0.00791. The van der Waals surface area contributed by atoms with Gasteiger partial charge in [0.25, 0.3) is 0 Å². The predicted octanol–water partition coefficient (Wildman–Crippen LogP) is 2.49. The number of thioether (sulfide) groups is 1. The summed E-state index contributed by atoms with van der Waals surface area (Å²) in [5, 5.41) is 51.0. The number of nitrogens with zero attached hydrogens (tertiary/aromatic N) is 1. The lowest BCUT2D eigenvalue weighted by Gasteiger charge is -2.48. The monoisotopic (exact) mass is 741 g/mol. The lowest BCUT2D eigenvalue weighted by molar-refractivity contribution is -0.271. The van der Waals surface area contributed by atoms with Crippen LogP contribution in [0.2, 0.25) is 0 Å². The minimum atomic E-state index is -4.53. The molecule has 0 aliphatic carbocycles. The molecule has 4 aromatic carbocycles. The van der Waals surface area contributed by atoms with Crippen molar-refractivity contribution in [3.8, 4) is 16.9 Å². The summed E-state index contributed by atoms with van der Waals surface area (Å²) in [5.41, 5.74) is 2.29. The van der Waals surface area contributed by atoms with E-state index in [9.17, 15) is 53.9 Å². The Morgan fingerprint density at radius 1 is 0.902 bits per heavy atom. The Balaban J connectivity index is 1.40. The first-order valence-electron chi connectivity index (χ1n) is 15.6. The van der Waals surface area contributed by atoms with Crippen molar-refractivity contribution in [2.75, 3.05) is 10.7 Å². The molecule has 2 heterocycles. The van der Waals surface area contributed by atoms with Crippen LogP contribution in [0, 0.1) is 5.82 Å². The summed E-state index contributed by atoms with van der Waals surface area (Å²) >= 11 is 1.15. The van der Waals surface area contributed by atoms with Gasteiger partial charge in [-0.2, -0.15) is 0 Å². The molecule has 3 unspecified atom stereocenters. The second-order valence-electron chi connectivity index (χ2n) is 12.0. The highest BCUT2D eigenvalue weighted by Crippen LogP contribution is 2.49. The van der Waals surface area contributed by atoms with Gasteiger partial charge in [0, 0.05) is 17.0 Å². The zero-order valence-corrected chi connectivity index (χ0v) is 28.1. The van der Waals surface area contributed by atoms with Gasteiger partial charge in [0.05, 0.1) is 17.5 Å². The third kappa shape index (κ3) is 7.58. The smallest absolute Gasteiger partial charge is 0.356 e. The molecule has 0 spiro atoms. The number of ether oxygens (including phenoxy) is 2. The molecule has 2 aliphatic rings. The average Bonchev–Trinajstić information content (AvgIpc) is 3.11. The van der Waals surface area contributed by atoms with Crippen LogP contribution in [-0.4, -0.2) is 88.9 Å². The summed E-state index contributed by atoms with van der Waals surface area (Å²) in [6, 6.07) is 23.5. The van der Waals surface area contributed by atoms with Gasteiger partial charge >= 0.3 is 13.6 Å². The Hall–Kier alpha value is -4.15. The third-order valence-corrected chi connectivity index (χ3v) is 11.0. The van der Waals surface area contributed by atoms with Crippen molar-refractivity contribution >= 4 is 42.2 Å². The molecule has 8 atom stereocenters. The van der Waals surface area contributed by atoms with Crippen LogP contribution in [0.1, 0.15) is 23.3 Å². The highest BCUT2D eigenvalue weighted by molar-refractivity contribution is 8.00. The molecular formula is C35H33FNO12PS. The molecule has 0 aromatic heterocycles. The predicted molar refractivity (Wildman–Crippen MR) is 183 cm³/mol. The summed E-state index contributed by atoms with van der Waals surface area (Å²) in [6.45, 7) is 0. The topological polar surface area (TPSA) is 215 Å². The Bertz CT molecular complexity index is 1930. The second-order valence-corrected chi connectivity index (χ2v) is 14.8. The van der Waals surface area contributed by atoms with E-state index < -0.39 is 67.5 Å². The van der Waals surface area contributed by atoms with E-state index in [-0.39, 0.29) is 22.7 Å². The average molecular weight is 742 g/mol. The molecule has 4 aromatic rings. The van der Waals surface area contributed by atoms with Gasteiger partial charge in [-0.15, -0.1) is 11.8 Å². The molecule has 0 radical (unpaired) electrons. The lowest BCUT2D eigenvalue weighted by Crippen LogP contribution is -2.61. The number of para-hydroxylation sites is 1. The van der Waals surface area contributed by atoms with E-state index in [4.69, 9.17) is 9.47 Å². The van der Waals surface area contributed by atoms with Crippen molar-refractivity contribution < 1.29 is 63.3 Å². The SMILES string of the molecule is O=C(O)C1O[C@@H](Oc2cc(-c3ccc(P(=O)(O)O)cc3)ccc2[C@@H]2[C@@H](SC[C@H](O)c3ccc(F)cc3)C(=O)N2c2ccccc2)C(O)[C@@H](O)C1O. The van der Waals surface area contributed by atoms with Crippen LogP contribution in [0.3, 0.4) is 0 Å². The zero-order valence-electron chi connectivity index (χ0n) is 26.4. The Labute approximate surface area is 294 Å². The highest BCUT2D eigenvalue weighted by Gasteiger charge is 2.52. The van der Waals surface area contributed by atoms with Crippen molar-refractivity contribution in [3.63, 3.8) is 0 Å². The van der Waals surface area contributed by atoms with E-state index in [0.29, 0.717) is 27.9 Å². The van der Waals surface area contributed by atoms with Crippen LogP contribution >= 0.6 is 19.4 Å². The van der Waals surface area contributed by atoms with Crippen molar-refractivity contribution in [2.24, 2.45) is 0 Å². The molecule has 51 heavy (non-hydrogen) atoms. The molecule has 6 rings (SSSR count). The molecule has 2 fully saturated rings. The fourth-order valence-electron chi connectivity index (χ4n) is 5.96. The molecule has 1 amide bonds. The normalized spacial score (nSPS) is 25.6. The van der Waals surface area contributed by atoms with Crippen LogP contribution in [0.15, 0.2) is 97.1 Å². The van der Waals surface area contributed by atoms with Crippen LogP contribution in [-0.2, 0) is 18.9 Å². The van der Waals surface area contributed by atoms with Crippen LogP contribution in [0.5, 0.6) is 5.75 Å². The largest absolute Gasteiger partial charge is 0.479 e. The number of amides is 1. The van der Waals surface area contributed by atoms with Gasteiger partial charge in [-0.25, -0.2) is 9.18 Å². The Kier molecular flexibility index (Phi) is 10.7. The van der Waals surface area contributed by atoms with Crippen molar-refractivity contribution in [3.05, 3.63) is 114 Å². The number of aliphatic carboxylic acids is 1. The number of aliphatic hydroxyl groups is 4. The molecule has 0 bridgehead atoms. The first-order valence-corrected chi connectivity index (χ1v) is 18.2. The van der Waals surface area contributed by atoms with E-state index in [0.717, 1.165) is 11.8 Å². The Morgan fingerprint density at radius 2 is 1.55 bits per heavy atom. The summed E-state index contributed by atoms with van der Waals surface area (Å²) in [4.78, 5) is 46.2. The maximum atomic E-state index is 13.8. The molecule has 268 valence electrons. The molecule has 2 saturated heterocycles. The number of aliphatic hydroxyl groups excluding tert-OH is 4. The van der Waals surface area contributed by atoms with Crippen molar-refractivity contribution in [2.45, 2.75) is 48.1 Å². The summed E-state index contributed by atoms with van der Waals surface area (Å²) in [6.07, 6.45) is -10.6. The Morgan fingerprint density at radius 3 is 2.18 bits per heavy atom. The number of rotatable bonds is 11. The molecule has 7 N–H and O–H groups in total. The fraction of sp³-hybridized carbons (Fsp3) is 0.257. The van der Waals surface area contributed by atoms with Gasteiger partial charge < -0.3 is 49.7 Å². The molecule has 0 saturated carbocycles. The number of β-lactam (4-membered cyclic amide) rings is 1. The third-order valence-electron chi connectivity index (χ3n) is 8.69. The second kappa shape index (κ2) is 14.8. The van der Waals surface area contributed by atoms with Gasteiger partial charge in [0.2, 0.25) is 12.2 Å². The van der Waals surface area contributed by atoms with Crippen LogP contribution < -0.4 is 14.9 Å². The van der Waals surface area contributed by atoms with E-state index in [1.807, 2.05) is 0 Å². The van der Waals surface area contributed by atoms with Gasteiger partial charge in [-0.3, -0.25) is 9.36 Å². The molecule has 13 nitrogen and oxygen atoms in total. The maximum absolute atomic E-state index is 13.8. The lowest BCUT2D eigenvalue weighted by atomic mass is 9.90. The fourth-order valence-corrected chi connectivity index (χ4v) is 7.79. The highest BCUT2D eigenvalue weighted by atomic mass is 32.2. The number of benzene rings is 4. The van der Waals surface area contributed by atoms with Gasteiger partial charge in [0.15, 0.2) is 6.10 Å². The zero-order chi connectivity index (χ0) is 36.6. The van der Waals surface area contributed by atoms with E-state index in [2.05, 4.69) is 0 Å². The maximum Gasteiger partial charge on any atom is 0.356 e. The molecule has 16 heteroatoms. The summed E-state index contributed by atoms with van der Waals surface area (Å²) in [7, 11) is -4.53. The van der Waals surface area contributed by atoms with Crippen LogP contribution in [0.25, 0.3) is 11.1 Å². The number of anilines is 1.